The van der Waals surface area contributed by atoms with Crippen molar-refractivity contribution < 1.29 is 4.79 Å². The van der Waals surface area contributed by atoms with Crippen molar-refractivity contribution >= 4 is 34.9 Å². The molecule has 0 bridgehead atoms. The summed E-state index contributed by atoms with van der Waals surface area (Å²) in [6.45, 7) is 3.91. The molecule has 1 heterocycles. The summed E-state index contributed by atoms with van der Waals surface area (Å²) in [6, 6.07) is 0. The van der Waals surface area contributed by atoms with Gasteiger partial charge >= 0.3 is 0 Å². The third-order valence-corrected chi connectivity index (χ3v) is 3.50. The van der Waals surface area contributed by atoms with Crippen molar-refractivity contribution in [3.05, 3.63) is 16.5 Å². The van der Waals surface area contributed by atoms with Gasteiger partial charge in [-0.15, -0.1) is 0 Å². The second kappa shape index (κ2) is 5.62. The van der Waals surface area contributed by atoms with Crippen LogP contribution in [0.5, 0.6) is 0 Å². The van der Waals surface area contributed by atoms with E-state index in [1.807, 2.05) is 6.92 Å². The number of carbonyl (C=O) groups is 1. The van der Waals surface area contributed by atoms with E-state index in [4.69, 9.17) is 28.9 Å². The summed E-state index contributed by atoms with van der Waals surface area (Å²) in [4.78, 5) is 19.6. The molecule has 0 aliphatic carbocycles. The lowest BCUT2D eigenvalue weighted by Gasteiger charge is -2.24. The highest BCUT2D eigenvalue weighted by Gasteiger charge is 2.30. The minimum atomic E-state index is -0.652. The monoisotopic (exact) mass is 276 g/mol. The van der Waals surface area contributed by atoms with Crippen LogP contribution in [0.2, 0.25) is 10.2 Å². The van der Waals surface area contributed by atoms with Crippen LogP contribution >= 0.6 is 23.2 Å². The summed E-state index contributed by atoms with van der Waals surface area (Å²) in [5, 5.41) is 2.83. The first kappa shape index (κ1) is 14.2. The maximum Gasteiger partial charge on any atom is 0.232 e. The van der Waals surface area contributed by atoms with Gasteiger partial charge in [0.05, 0.1) is 5.41 Å². The van der Waals surface area contributed by atoms with Gasteiger partial charge in [0.2, 0.25) is 5.91 Å². The Balaban J connectivity index is 2.92. The van der Waals surface area contributed by atoms with Crippen molar-refractivity contribution in [2.24, 2.45) is 11.1 Å². The maximum atomic E-state index is 12.0. The number of halogens is 2. The summed E-state index contributed by atoms with van der Waals surface area (Å²) in [7, 11) is 0. The van der Waals surface area contributed by atoms with Crippen molar-refractivity contribution in [3.63, 3.8) is 0 Å². The number of aromatic nitrogens is 2. The Morgan fingerprint density at radius 1 is 1.53 bits per heavy atom. The van der Waals surface area contributed by atoms with E-state index >= 15 is 0 Å². The van der Waals surface area contributed by atoms with Gasteiger partial charge < -0.3 is 11.1 Å². The molecule has 0 aliphatic heterocycles. The van der Waals surface area contributed by atoms with Crippen molar-refractivity contribution in [3.8, 4) is 0 Å². The molecule has 0 aliphatic rings. The highest BCUT2D eigenvalue weighted by molar-refractivity contribution is 6.42. The van der Waals surface area contributed by atoms with E-state index in [0.717, 1.165) is 0 Å². The molecule has 0 spiro atoms. The van der Waals surface area contributed by atoms with Crippen molar-refractivity contribution in [2.45, 2.75) is 20.3 Å². The Hall–Kier alpha value is -0.910. The van der Waals surface area contributed by atoms with Crippen molar-refractivity contribution in [2.75, 3.05) is 11.9 Å². The van der Waals surface area contributed by atoms with Crippen molar-refractivity contribution in [1.29, 1.82) is 0 Å². The molecule has 1 unspecified atom stereocenters. The van der Waals surface area contributed by atoms with E-state index in [0.29, 0.717) is 6.42 Å². The Morgan fingerprint density at radius 3 is 2.71 bits per heavy atom. The fourth-order valence-electron chi connectivity index (χ4n) is 1.09. The number of anilines is 1. The molecule has 0 saturated heterocycles. The lowest BCUT2D eigenvalue weighted by atomic mass is 9.87. The molecule has 0 radical (unpaired) electrons. The molecule has 0 aromatic carbocycles. The Kier molecular flexibility index (Phi) is 4.68. The van der Waals surface area contributed by atoms with Gasteiger partial charge in [0.1, 0.15) is 11.3 Å². The minimum absolute atomic E-state index is 0.0999. The summed E-state index contributed by atoms with van der Waals surface area (Å²) >= 11 is 11.6. The van der Waals surface area contributed by atoms with Gasteiger partial charge in [0, 0.05) is 6.54 Å². The first-order valence-corrected chi connectivity index (χ1v) is 5.87. The van der Waals surface area contributed by atoms with E-state index < -0.39 is 5.41 Å². The van der Waals surface area contributed by atoms with E-state index in [-0.39, 0.29) is 28.4 Å². The summed E-state index contributed by atoms with van der Waals surface area (Å²) in [5.41, 5.74) is 4.94. The molecule has 17 heavy (non-hydrogen) atoms. The zero-order chi connectivity index (χ0) is 13.1. The molecule has 1 atom stereocenters. The highest BCUT2D eigenvalue weighted by Crippen LogP contribution is 2.28. The van der Waals surface area contributed by atoms with Crippen LogP contribution in [-0.4, -0.2) is 22.4 Å². The lowest BCUT2D eigenvalue weighted by Crippen LogP contribution is -2.39. The fourth-order valence-corrected chi connectivity index (χ4v) is 1.37. The Morgan fingerprint density at radius 2 is 2.18 bits per heavy atom. The summed E-state index contributed by atoms with van der Waals surface area (Å²) in [6.07, 6.45) is 1.85. The molecule has 94 valence electrons. The second-order valence-electron chi connectivity index (χ2n) is 3.90. The number of hydrogen-bond donors (Lipinski definition) is 2. The van der Waals surface area contributed by atoms with Crippen LogP contribution in [0.3, 0.4) is 0 Å². The first-order valence-electron chi connectivity index (χ1n) is 5.12. The van der Waals surface area contributed by atoms with Crippen LogP contribution in [0.1, 0.15) is 20.3 Å². The number of hydrogen-bond acceptors (Lipinski definition) is 4. The van der Waals surface area contributed by atoms with E-state index in [1.165, 1.54) is 6.33 Å². The number of nitrogens with one attached hydrogen (secondary N) is 1. The van der Waals surface area contributed by atoms with Crippen LogP contribution < -0.4 is 11.1 Å². The Bertz CT molecular complexity index is 421. The zero-order valence-corrected chi connectivity index (χ0v) is 11.1. The average Bonchev–Trinajstić information content (AvgIpc) is 2.33. The number of rotatable bonds is 4. The molecular weight excluding hydrogens is 263 g/mol. The van der Waals surface area contributed by atoms with Crippen LogP contribution in [0.15, 0.2) is 6.33 Å². The van der Waals surface area contributed by atoms with Crippen LogP contribution in [0.25, 0.3) is 0 Å². The molecule has 0 saturated carbocycles. The van der Waals surface area contributed by atoms with Gasteiger partial charge in [-0.05, 0) is 13.3 Å². The van der Waals surface area contributed by atoms with Crippen LogP contribution in [-0.2, 0) is 4.79 Å². The quantitative estimate of drug-likeness (QED) is 0.826. The molecule has 1 rings (SSSR count). The molecule has 1 aromatic rings. The predicted molar refractivity (Wildman–Crippen MR) is 68.1 cm³/mol. The average molecular weight is 277 g/mol. The molecule has 7 heteroatoms. The zero-order valence-electron chi connectivity index (χ0n) is 9.63. The molecular formula is C10H14Cl2N4O. The summed E-state index contributed by atoms with van der Waals surface area (Å²) in [5.74, 6) is -0.0380. The van der Waals surface area contributed by atoms with Crippen LogP contribution in [0, 0.1) is 5.41 Å². The first-order chi connectivity index (χ1) is 7.94. The topological polar surface area (TPSA) is 80.9 Å². The van der Waals surface area contributed by atoms with E-state index in [2.05, 4.69) is 15.3 Å². The maximum absolute atomic E-state index is 12.0. The van der Waals surface area contributed by atoms with Crippen LogP contribution in [0.4, 0.5) is 5.82 Å². The van der Waals surface area contributed by atoms with Gasteiger partial charge in [0.15, 0.2) is 11.0 Å². The smallest absolute Gasteiger partial charge is 0.232 e. The SMILES string of the molecule is CCC(C)(CN)C(=O)Nc1ncnc(Cl)c1Cl. The highest BCUT2D eigenvalue weighted by atomic mass is 35.5. The summed E-state index contributed by atoms with van der Waals surface area (Å²) < 4.78 is 0. The lowest BCUT2D eigenvalue weighted by molar-refractivity contribution is -0.124. The number of amides is 1. The van der Waals surface area contributed by atoms with Crippen molar-refractivity contribution in [1.82, 2.24) is 9.97 Å². The van der Waals surface area contributed by atoms with Gasteiger partial charge in [-0.3, -0.25) is 4.79 Å². The molecule has 1 aromatic heterocycles. The fraction of sp³-hybridized carbons (Fsp3) is 0.500. The largest absolute Gasteiger partial charge is 0.329 e. The number of nitrogens with zero attached hydrogens (tertiary/aromatic N) is 2. The van der Waals surface area contributed by atoms with Gasteiger partial charge in [0.25, 0.3) is 0 Å². The second-order valence-corrected chi connectivity index (χ2v) is 4.64. The third-order valence-electron chi connectivity index (χ3n) is 2.76. The molecule has 3 N–H and O–H groups in total. The number of nitrogens with two attached hydrogens (primary N) is 1. The normalized spacial score (nSPS) is 14.2. The third kappa shape index (κ3) is 3.06. The molecule has 1 amide bonds. The molecule has 5 nitrogen and oxygen atoms in total. The van der Waals surface area contributed by atoms with Gasteiger partial charge in [-0.2, -0.15) is 0 Å². The standard InChI is InChI=1S/C10H14Cl2N4O/c1-3-10(2,4-13)9(17)16-8-6(11)7(12)14-5-15-8/h5H,3-4,13H2,1-2H3,(H,14,15,16,17). The van der Waals surface area contributed by atoms with E-state index in [9.17, 15) is 4.79 Å². The number of carbonyl (C=O) groups excluding carboxylic acids is 1. The molecule has 0 fully saturated rings. The van der Waals surface area contributed by atoms with E-state index in [1.54, 1.807) is 6.92 Å². The predicted octanol–water partition coefficient (Wildman–Crippen LogP) is 2.10. The Labute approximate surface area is 110 Å². The van der Waals surface area contributed by atoms with Gasteiger partial charge in [-0.25, -0.2) is 9.97 Å². The minimum Gasteiger partial charge on any atom is -0.329 e. The van der Waals surface area contributed by atoms with Gasteiger partial charge in [-0.1, -0.05) is 30.1 Å².